The Bertz CT molecular complexity index is 465. The molecule has 2 N–H and O–H groups in total. The summed E-state index contributed by atoms with van der Waals surface area (Å²) in [6.07, 6.45) is 2.21. The molecule has 1 aromatic carbocycles. The molecule has 4 nitrogen and oxygen atoms in total. The predicted octanol–water partition coefficient (Wildman–Crippen LogP) is 2.47. The molecule has 0 aliphatic carbocycles. The molecule has 0 saturated carbocycles. The van der Waals surface area contributed by atoms with Crippen LogP contribution in [0.5, 0.6) is 0 Å². The van der Waals surface area contributed by atoms with Gasteiger partial charge in [-0.3, -0.25) is 4.79 Å². The zero-order valence-electron chi connectivity index (χ0n) is 12.9. The Balaban J connectivity index is 2.03. The van der Waals surface area contributed by atoms with Gasteiger partial charge in [0.1, 0.15) is 0 Å². The molecule has 2 rings (SSSR count). The Morgan fingerprint density at radius 3 is 2.50 bits per heavy atom. The van der Waals surface area contributed by atoms with Crippen molar-refractivity contribution < 1.29 is 4.79 Å². The van der Waals surface area contributed by atoms with E-state index in [0.717, 1.165) is 30.8 Å². The summed E-state index contributed by atoms with van der Waals surface area (Å²) in [5.41, 5.74) is 1.98. The summed E-state index contributed by atoms with van der Waals surface area (Å²) in [6, 6.07) is 7.79. The molecule has 1 amide bonds. The highest BCUT2D eigenvalue weighted by molar-refractivity contribution is 5.95. The number of amides is 1. The third-order valence-corrected chi connectivity index (χ3v) is 4.04. The smallest absolute Gasteiger partial charge is 0.242 e. The largest absolute Gasteiger partial charge is 0.378 e. The Kier molecular flexibility index (Phi) is 4.33. The number of piperidine rings is 1. The molecule has 4 heteroatoms. The van der Waals surface area contributed by atoms with Gasteiger partial charge in [-0.15, -0.1) is 0 Å². The number of benzene rings is 1. The minimum atomic E-state index is -0.121. The molecule has 0 radical (unpaired) electrons. The Morgan fingerprint density at radius 2 is 1.95 bits per heavy atom. The SMILES string of the molecule is CN(C)c1ccc(NC(=O)C2NCCCC2(C)C)cc1. The van der Waals surface area contributed by atoms with Crippen LogP contribution in [0.4, 0.5) is 11.4 Å². The van der Waals surface area contributed by atoms with Gasteiger partial charge in [-0.05, 0) is 49.1 Å². The summed E-state index contributed by atoms with van der Waals surface area (Å²) >= 11 is 0. The molecular weight excluding hydrogens is 250 g/mol. The highest BCUT2D eigenvalue weighted by Crippen LogP contribution is 2.30. The molecule has 1 heterocycles. The van der Waals surface area contributed by atoms with Gasteiger partial charge in [0.2, 0.25) is 5.91 Å². The lowest BCUT2D eigenvalue weighted by molar-refractivity contribution is -0.121. The quantitative estimate of drug-likeness (QED) is 0.890. The maximum absolute atomic E-state index is 12.4. The van der Waals surface area contributed by atoms with Crippen LogP contribution in [0.2, 0.25) is 0 Å². The third kappa shape index (κ3) is 3.31. The van der Waals surface area contributed by atoms with Gasteiger partial charge in [0.15, 0.2) is 0 Å². The molecule has 0 aromatic heterocycles. The number of anilines is 2. The first-order valence-corrected chi connectivity index (χ1v) is 7.22. The van der Waals surface area contributed by atoms with Gasteiger partial charge in [-0.1, -0.05) is 13.8 Å². The highest BCUT2D eigenvalue weighted by Gasteiger charge is 2.36. The van der Waals surface area contributed by atoms with E-state index in [1.54, 1.807) is 0 Å². The van der Waals surface area contributed by atoms with Crippen LogP contribution in [0, 0.1) is 5.41 Å². The fourth-order valence-electron chi connectivity index (χ4n) is 2.72. The monoisotopic (exact) mass is 275 g/mol. The minimum Gasteiger partial charge on any atom is -0.378 e. The fraction of sp³-hybridized carbons (Fsp3) is 0.562. The molecule has 0 spiro atoms. The van der Waals surface area contributed by atoms with Crippen LogP contribution in [0.3, 0.4) is 0 Å². The Labute approximate surface area is 121 Å². The maximum Gasteiger partial charge on any atom is 0.242 e. The number of rotatable bonds is 3. The first-order valence-electron chi connectivity index (χ1n) is 7.22. The number of nitrogens with one attached hydrogen (secondary N) is 2. The van der Waals surface area contributed by atoms with Gasteiger partial charge >= 0.3 is 0 Å². The van der Waals surface area contributed by atoms with Crippen LogP contribution in [-0.2, 0) is 4.79 Å². The molecule has 20 heavy (non-hydrogen) atoms. The van der Waals surface area contributed by atoms with Crippen molar-refractivity contribution in [2.45, 2.75) is 32.7 Å². The average molecular weight is 275 g/mol. The molecule has 1 unspecified atom stereocenters. The molecule has 1 saturated heterocycles. The number of hydrogen-bond donors (Lipinski definition) is 2. The van der Waals surface area contributed by atoms with Crippen molar-refractivity contribution in [1.29, 1.82) is 0 Å². The zero-order chi connectivity index (χ0) is 14.8. The molecule has 1 fully saturated rings. The second-order valence-electron chi connectivity index (χ2n) is 6.41. The lowest BCUT2D eigenvalue weighted by Crippen LogP contribution is -2.53. The van der Waals surface area contributed by atoms with Crippen molar-refractivity contribution >= 4 is 17.3 Å². The molecule has 1 aliphatic rings. The van der Waals surface area contributed by atoms with E-state index < -0.39 is 0 Å². The van der Waals surface area contributed by atoms with E-state index in [-0.39, 0.29) is 17.4 Å². The van der Waals surface area contributed by atoms with Gasteiger partial charge in [-0.25, -0.2) is 0 Å². The molecule has 1 aliphatic heterocycles. The topological polar surface area (TPSA) is 44.4 Å². The number of hydrogen-bond acceptors (Lipinski definition) is 3. The summed E-state index contributed by atoms with van der Waals surface area (Å²) in [7, 11) is 4.00. The molecular formula is C16H25N3O. The van der Waals surface area contributed by atoms with E-state index in [1.807, 2.05) is 43.3 Å². The molecule has 1 atom stereocenters. The van der Waals surface area contributed by atoms with Crippen LogP contribution in [-0.4, -0.2) is 32.6 Å². The molecule has 0 bridgehead atoms. The number of nitrogens with zero attached hydrogens (tertiary/aromatic N) is 1. The average Bonchev–Trinajstić information content (AvgIpc) is 2.38. The summed E-state index contributed by atoms with van der Waals surface area (Å²) < 4.78 is 0. The zero-order valence-corrected chi connectivity index (χ0v) is 12.9. The van der Waals surface area contributed by atoms with Crippen molar-refractivity contribution in [3.05, 3.63) is 24.3 Å². The maximum atomic E-state index is 12.4. The third-order valence-electron chi connectivity index (χ3n) is 4.04. The summed E-state index contributed by atoms with van der Waals surface area (Å²) in [5, 5.41) is 6.35. The van der Waals surface area contributed by atoms with E-state index in [4.69, 9.17) is 0 Å². The van der Waals surface area contributed by atoms with Crippen LogP contribution < -0.4 is 15.5 Å². The summed E-state index contributed by atoms with van der Waals surface area (Å²) in [6.45, 7) is 5.22. The van der Waals surface area contributed by atoms with Crippen LogP contribution >= 0.6 is 0 Å². The van der Waals surface area contributed by atoms with Gasteiger partial charge in [0.25, 0.3) is 0 Å². The summed E-state index contributed by atoms with van der Waals surface area (Å²) in [5.74, 6) is 0.0623. The fourth-order valence-corrected chi connectivity index (χ4v) is 2.72. The lowest BCUT2D eigenvalue weighted by atomic mass is 9.77. The highest BCUT2D eigenvalue weighted by atomic mass is 16.2. The van der Waals surface area contributed by atoms with E-state index in [1.165, 1.54) is 0 Å². The first kappa shape index (κ1) is 14.9. The van der Waals surface area contributed by atoms with Crippen molar-refractivity contribution in [3.63, 3.8) is 0 Å². The van der Waals surface area contributed by atoms with Crippen molar-refractivity contribution in [3.8, 4) is 0 Å². The van der Waals surface area contributed by atoms with Crippen molar-refractivity contribution in [2.24, 2.45) is 5.41 Å². The number of carbonyl (C=O) groups excluding carboxylic acids is 1. The van der Waals surface area contributed by atoms with Gasteiger partial charge in [-0.2, -0.15) is 0 Å². The molecule has 1 aromatic rings. The predicted molar refractivity (Wildman–Crippen MR) is 84.2 cm³/mol. The van der Waals surface area contributed by atoms with E-state index in [2.05, 4.69) is 24.5 Å². The lowest BCUT2D eigenvalue weighted by Gasteiger charge is -2.38. The Hall–Kier alpha value is -1.55. The van der Waals surface area contributed by atoms with Crippen molar-refractivity contribution in [1.82, 2.24) is 5.32 Å². The van der Waals surface area contributed by atoms with Crippen LogP contribution in [0.1, 0.15) is 26.7 Å². The van der Waals surface area contributed by atoms with Gasteiger partial charge in [0.05, 0.1) is 6.04 Å². The van der Waals surface area contributed by atoms with E-state index in [9.17, 15) is 4.79 Å². The second-order valence-corrected chi connectivity index (χ2v) is 6.41. The second kappa shape index (κ2) is 5.83. The van der Waals surface area contributed by atoms with E-state index in [0.29, 0.717) is 0 Å². The normalized spacial score (nSPS) is 21.3. The van der Waals surface area contributed by atoms with E-state index >= 15 is 0 Å². The first-order chi connectivity index (χ1) is 9.40. The van der Waals surface area contributed by atoms with Gasteiger partial charge < -0.3 is 15.5 Å². The molecule has 110 valence electrons. The minimum absolute atomic E-state index is 0.00586. The van der Waals surface area contributed by atoms with Gasteiger partial charge in [0, 0.05) is 25.5 Å². The Morgan fingerprint density at radius 1 is 1.30 bits per heavy atom. The number of carbonyl (C=O) groups is 1. The summed E-state index contributed by atoms with van der Waals surface area (Å²) in [4.78, 5) is 14.5. The van der Waals surface area contributed by atoms with Crippen LogP contribution in [0.25, 0.3) is 0 Å². The van der Waals surface area contributed by atoms with Crippen LogP contribution in [0.15, 0.2) is 24.3 Å². The van der Waals surface area contributed by atoms with Crippen molar-refractivity contribution in [2.75, 3.05) is 30.9 Å². The standard InChI is InChI=1S/C16H25N3O/c1-16(2)10-5-11-17-14(16)15(20)18-12-6-8-13(9-7-12)19(3)4/h6-9,14,17H,5,10-11H2,1-4H3,(H,18,20).